The van der Waals surface area contributed by atoms with Crippen LogP contribution in [0.2, 0.25) is 0 Å². The third-order valence-electron chi connectivity index (χ3n) is 3.35. The number of H-pyrrole nitrogens is 1. The predicted octanol–water partition coefficient (Wildman–Crippen LogP) is 1.97. The van der Waals surface area contributed by atoms with Crippen LogP contribution in [-0.2, 0) is 0 Å². The molecular weight excluding hydrogens is 212 g/mol. The van der Waals surface area contributed by atoms with Gasteiger partial charge in [0.15, 0.2) is 0 Å². The van der Waals surface area contributed by atoms with Crippen molar-refractivity contribution < 1.29 is 0 Å². The van der Waals surface area contributed by atoms with E-state index in [9.17, 15) is 0 Å². The Hall–Kier alpha value is -1.55. The van der Waals surface area contributed by atoms with Gasteiger partial charge < -0.3 is 15.6 Å². The first-order chi connectivity index (χ1) is 8.42. The van der Waals surface area contributed by atoms with Crippen molar-refractivity contribution in [1.82, 2.24) is 15.3 Å². The van der Waals surface area contributed by atoms with E-state index < -0.39 is 0 Å². The van der Waals surface area contributed by atoms with Gasteiger partial charge in [-0.1, -0.05) is 12.1 Å². The summed E-state index contributed by atoms with van der Waals surface area (Å²) in [5.41, 5.74) is 2.12. The van der Waals surface area contributed by atoms with Gasteiger partial charge >= 0.3 is 0 Å². The minimum atomic E-state index is 0.719. The summed E-state index contributed by atoms with van der Waals surface area (Å²) in [5, 5.41) is 6.82. The first kappa shape index (κ1) is 10.6. The van der Waals surface area contributed by atoms with Crippen molar-refractivity contribution in [3.8, 4) is 0 Å². The molecule has 0 unspecified atom stereocenters. The summed E-state index contributed by atoms with van der Waals surface area (Å²) in [5.74, 6) is 1.61. The number of benzene rings is 1. The van der Waals surface area contributed by atoms with E-state index in [1.165, 1.54) is 19.4 Å². The first-order valence-corrected chi connectivity index (χ1v) is 6.31. The van der Waals surface area contributed by atoms with Gasteiger partial charge in [-0.15, -0.1) is 0 Å². The summed E-state index contributed by atoms with van der Waals surface area (Å²) in [6.07, 6.45) is 2.59. The van der Waals surface area contributed by atoms with Crippen LogP contribution in [-0.4, -0.2) is 29.6 Å². The van der Waals surface area contributed by atoms with E-state index in [2.05, 4.69) is 26.7 Å². The zero-order valence-corrected chi connectivity index (χ0v) is 9.87. The van der Waals surface area contributed by atoms with Crippen molar-refractivity contribution in [1.29, 1.82) is 0 Å². The highest BCUT2D eigenvalue weighted by atomic mass is 15.1. The SMILES string of the molecule is c1ccc2[nH]c(NC[C@H]3CCCNC3)nc2c1. The number of fused-ring (bicyclic) bond motifs is 1. The van der Waals surface area contributed by atoms with Crippen molar-refractivity contribution >= 4 is 17.0 Å². The Bertz CT molecular complexity index is 452. The Morgan fingerprint density at radius 2 is 2.29 bits per heavy atom. The highest BCUT2D eigenvalue weighted by Gasteiger charge is 2.12. The Morgan fingerprint density at radius 1 is 1.35 bits per heavy atom. The van der Waals surface area contributed by atoms with Gasteiger partial charge in [-0.3, -0.25) is 0 Å². The molecule has 2 aromatic rings. The van der Waals surface area contributed by atoms with Crippen LogP contribution in [0.5, 0.6) is 0 Å². The van der Waals surface area contributed by atoms with Gasteiger partial charge in [0.2, 0.25) is 5.95 Å². The second kappa shape index (κ2) is 4.75. The van der Waals surface area contributed by atoms with Crippen molar-refractivity contribution in [2.45, 2.75) is 12.8 Å². The van der Waals surface area contributed by atoms with Gasteiger partial charge in [0.25, 0.3) is 0 Å². The van der Waals surface area contributed by atoms with Gasteiger partial charge in [0.1, 0.15) is 0 Å². The van der Waals surface area contributed by atoms with Crippen molar-refractivity contribution in [2.24, 2.45) is 5.92 Å². The third-order valence-corrected chi connectivity index (χ3v) is 3.35. The van der Waals surface area contributed by atoms with E-state index >= 15 is 0 Å². The molecule has 4 heteroatoms. The van der Waals surface area contributed by atoms with Crippen LogP contribution in [0, 0.1) is 5.92 Å². The summed E-state index contributed by atoms with van der Waals surface area (Å²) in [6.45, 7) is 3.28. The molecule has 1 aliphatic rings. The largest absolute Gasteiger partial charge is 0.355 e. The van der Waals surface area contributed by atoms with E-state index in [-0.39, 0.29) is 0 Å². The number of anilines is 1. The van der Waals surface area contributed by atoms with Crippen molar-refractivity contribution in [3.05, 3.63) is 24.3 Å². The second-order valence-corrected chi connectivity index (χ2v) is 4.70. The number of imidazole rings is 1. The van der Waals surface area contributed by atoms with E-state index in [0.29, 0.717) is 0 Å². The number of aromatic nitrogens is 2. The number of piperidine rings is 1. The smallest absolute Gasteiger partial charge is 0.201 e. The number of nitrogens with one attached hydrogen (secondary N) is 3. The topological polar surface area (TPSA) is 52.7 Å². The van der Waals surface area contributed by atoms with Gasteiger partial charge in [-0.25, -0.2) is 4.98 Å². The van der Waals surface area contributed by atoms with E-state index in [4.69, 9.17) is 0 Å². The van der Waals surface area contributed by atoms with Crippen LogP contribution in [0.1, 0.15) is 12.8 Å². The molecule has 3 N–H and O–H groups in total. The Labute approximate surface area is 101 Å². The lowest BCUT2D eigenvalue weighted by Gasteiger charge is -2.22. The lowest BCUT2D eigenvalue weighted by Crippen LogP contribution is -2.33. The average molecular weight is 230 g/mol. The fourth-order valence-corrected chi connectivity index (χ4v) is 2.38. The number of hydrogen-bond acceptors (Lipinski definition) is 3. The predicted molar refractivity (Wildman–Crippen MR) is 70.2 cm³/mol. The first-order valence-electron chi connectivity index (χ1n) is 6.31. The summed E-state index contributed by atoms with van der Waals surface area (Å²) < 4.78 is 0. The zero-order valence-electron chi connectivity index (χ0n) is 9.87. The Morgan fingerprint density at radius 3 is 3.12 bits per heavy atom. The van der Waals surface area contributed by atoms with Crippen LogP contribution in [0.4, 0.5) is 5.95 Å². The number of aromatic amines is 1. The molecule has 0 radical (unpaired) electrons. The van der Waals surface area contributed by atoms with Crippen LogP contribution in [0.3, 0.4) is 0 Å². The maximum Gasteiger partial charge on any atom is 0.201 e. The maximum atomic E-state index is 4.51. The lowest BCUT2D eigenvalue weighted by atomic mass is 10.00. The van der Waals surface area contributed by atoms with E-state index in [0.717, 1.165) is 36.0 Å². The Balaban J connectivity index is 1.64. The standard InChI is InChI=1S/C13H18N4/c1-2-6-12-11(5-1)16-13(17-12)15-9-10-4-3-7-14-8-10/h1-2,5-6,10,14H,3-4,7-9H2,(H2,15,16,17)/t10-/m0/s1. The van der Waals surface area contributed by atoms with Crippen molar-refractivity contribution in [3.63, 3.8) is 0 Å². The fourth-order valence-electron chi connectivity index (χ4n) is 2.38. The summed E-state index contributed by atoms with van der Waals surface area (Å²) in [7, 11) is 0. The molecular formula is C13H18N4. The van der Waals surface area contributed by atoms with Crippen LogP contribution in [0.15, 0.2) is 24.3 Å². The minimum Gasteiger partial charge on any atom is -0.355 e. The molecule has 4 nitrogen and oxygen atoms in total. The molecule has 2 heterocycles. The summed E-state index contributed by atoms with van der Waals surface area (Å²) in [6, 6.07) is 8.11. The third kappa shape index (κ3) is 2.42. The normalized spacial score (nSPS) is 20.6. The number of nitrogens with zero attached hydrogens (tertiary/aromatic N) is 1. The molecule has 0 bridgehead atoms. The zero-order chi connectivity index (χ0) is 11.5. The molecule has 3 rings (SSSR count). The summed E-state index contributed by atoms with van der Waals surface area (Å²) in [4.78, 5) is 7.80. The molecule has 1 saturated heterocycles. The molecule has 17 heavy (non-hydrogen) atoms. The van der Waals surface area contributed by atoms with Gasteiger partial charge in [0.05, 0.1) is 11.0 Å². The van der Waals surface area contributed by atoms with Gasteiger partial charge in [0, 0.05) is 6.54 Å². The molecule has 0 saturated carbocycles. The number of rotatable bonds is 3. The maximum absolute atomic E-state index is 4.51. The molecule has 1 aromatic carbocycles. The fraction of sp³-hybridized carbons (Fsp3) is 0.462. The Kier molecular flexibility index (Phi) is 2.96. The monoisotopic (exact) mass is 230 g/mol. The molecule has 90 valence electrons. The molecule has 1 aromatic heterocycles. The quantitative estimate of drug-likeness (QED) is 0.755. The minimum absolute atomic E-state index is 0.719. The van der Waals surface area contributed by atoms with Crippen LogP contribution < -0.4 is 10.6 Å². The number of para-hydroxylation sites is 2. The van der Waals surface area contributed by atoms with Gasteiger partial charge in [-0.05, 0) is 44.0 Å². The lowest BCUT2D eigenvalue weighted by molar-refractivity contribution is 0.392. The molecule has 0 spiro atoms. The van der Waals surface area contributed by atoms with E-state index in [1.54, 1.807) is 0 Å². The molecule has 0 amide bonds. The van der Waals surface area contributed by atoms with Crippen LogP contribution >= 0.6 is 0 Å². The molecule has 1 fully saturated rings. The van der Waals surface area contributed by atoms with Gasteiger partial charge in [-0.2, -0.15) is 0 Å². The van der Waals surface area contributed by atoms with Crippen LogP contribution in [0.25, 0.3) is 11.0 Å². The van der Waals surface area contributed by atoms with Crippen molar-refractivity contribution in [2.75, 3.05) is 25.0 Å². The molecule has 1 aliphatic heterocycles. The van der Waals surface area contributed by atoms with E-state index in [1.807, 2.05) is 18.2 Å². The molecule has 1 atom stereocenters. The summed E-state index contributed by atoms with van der Waals surface area (Å²) >= 11 is 0. The highest BCUT2D eigenvalue weighted by Crippen LogP contribution is 2.15. The number of hydrogen-bond donors (Lipinski definition) is 3. The second-order valence-electron chi connectivity index (χ2n) is 4.70. The highest BCUT2D eigenvalue weighted by molar-refractivity contribution is 5.77. The average Bonchev–Trinajstić information content (AvgIpc) is 2.80. The molecule has 0 aliphatic carbocycles.